The second-order valence-electron chi connectivity index (χ2n) is 5.43. The van der Waals surface area contributed by atoms with E-state index in [0.717, 1.165) is 11.8 Å². The van der Waals surface area contributed by atoms with Crippen molar-refractivity contribution in [3.05, 3.63) is 0 Å². The second-order valence-corrected chi connectivity index (χ2v) is 5.43. The van der Waals surface area contributed by atoms with E-state index in [4.69, 9.17) is 0 Å². The Morgan fingerprint density at radius 2 is 1.85 bits per heavy atom. The summed E-state index contributed by atoms with van der Waals surface area (Å²) in [7, 11) is 2.15. The van der Waals surface area contributed by atoms with Crippen LogP contribution in [0.4, 0.5) is 0 Å². The van der Waals surface area contributed by atoms with Gasteiger partial charge >= 0.3 is 0 Å². The van der Waals surface area contributed by atoms with Crippen molar-refractivity contribution in [3.63, 3.8) is 0 Å². The van der Waals surface area contributed by atoms with Gasteiger partial charge in [-0.25, -0.2) is 0 Å². The van der Waals surface area contributed by atoms with Crippen molar-refractivity contribution in [2.75, 3.05) is 7.05 Å². The molecule has 0 radical (unpaired) electrons. The van der Waals surface area contributed by atoms with E-state index in [-0.39, 0.29) is 0 Å². The summed E-state index contributed by atoms with van der Waals surface area (Å²) in [5.41, 5.74) is 0.954. The minimum Gasteiger partial charge on any atom is -0.314 e. The average Bonchev–Trinajstić information content (AvgIpc) is 2.70. The fraction of sp³-hybridized carbons (Fsp3) is 1.00. The third-order valence-electron chi connectivity index (χ3n) is 5.59. The highest BCUT2D eigenvalue weighted by Gasteiger charge is 2.60. The maximum absolute atomic E-state index is 3.61. The zero-order chi connectivity index (χ0) is 9.69. The summed E-state index contributed by atoms with van der Waals surface area (Å²) in [5, 5.41) is 3.61. The van der Waals surface area contributed by atoms with Gasteiger partial charge in [-0.3, -0.25) is 0 Å². The lowest BCUT2D eigenvalue weighted by Gasteiger charge is -2.49. The van der Waals surface area contributed by atoms with Gasteiger partial charge in [-0.05, 0) is 56.9 Å². The van der Waals surface area contributed by atoms with Crippen LogP contribution in [-0.4, -0.2) is 12.6 Å². The third-order valence-corrected chi connectivity index (χ3v) is 5.59. The lowest BCUT2D eigenvalue weighted by atomic mass is 9.61. The van der Waals surface area contributed by atoms with Gasteiger partial charge in [0.1, 0.15) is 0 Å². The first kappa shape index (κ1) is 9.51. The molecule has 1 nitrogen and oxygen atoms in total. The molecule has 0 aromatic carbocycles. The van der Waals surface area contributed by atoms with Crippen LogP contribution in [0, 0.1) is 17.3 Å². The van der Waals surface area contributed by atoms with Crippen LogP contribution in [0.15, 0.2) is 0 Å². The average molecular weight is 181 g/mol. The van der Waals surface area contributed by atoms with Crippen LogP contribution in [0.25, 0.3) is 0 Å². The van der Waals surface area contributed by atoms with Gasteiger partial charge in [0.2, 0.25) is 0 Å². The van der Waals surface area contributed by atoms with Gasteiger partial charge in [-0.2, -0.15) is 0 Å². The molecule has 2 rings (SSSR count). The summed E-state index contributed by atoms with van der Waals surface area (Å²) < 4.78 is 0. The van der Waals surface area contributed by atoms with Crippen molar-refractivity contribution in [3.8, 4) is 0 Å². The topological polar surface area (TPSA) is 12.0 Å². The number of rotatable bonds is 2. The molecule has 2 aliphatic carbocycles. The monoisotopic (exact) mass is 181 g/mol. The molecule has 13 heavy (non-hydrogen) atoms. The van der Waals surface area contributed by atoms with E-state index in [1.807, 2.05) is 0 Å². The van der Waals surface area contributed by atoms with E-state index >= 15 is 0 Å². The molecule has 2 fully saturated rings. The van der Waals surface area contributed by atoms with E-state index in [2.05, 4.69) is 33.1 Å². The molecule has 0 aliphatic heterocycles. The quantitative estimate of drug-likeness (QED) is 0.690. The Morgan fingerprint density at radius 3 is 2.31 bits per heavy atom. The van der Waals surface area contributed by atoms with Crippen molar-refractivity contribution >= 4 is 0 Å². The van der Waals surface area contributed by atoms with Crippen LogP contribution in [-0.2, 0) is 0 Å². The zero-order valence-corrected chi connectivity index (χ0v) is 9.48. The SMILES string of the molecule is CCC1(C)C2CCC(C2)C1(C)NC. The first-order chi connectivity index (χ1) is 6.08. The van der Waals surface area contributed by atoms with Crippen molar-refractivity contribution in [2.45, 2.75) is 52.0 Å². The molecule has 4 unspecified atom stereocenters. The molecule has 1 N–H and O–H groups in total. The number of fused-ring (bicyclic) bond motifs is 2. The molecule has 2 saturated carbocycles. The first-order valence-electron chi connectivity index (χ1n) is 5.77. The Bertz CT molecular complexity index is 191. The summed E-state index contributed by atoms with van der Waals surface area (Å²) in [6.07, 6.45) is 5.73. The maximum atomic E-state index is 3.61. The molecule has 0 amide bonds. The number of hydrogen-bond donors (Lipinski definition) is 1. The highest BCUT2D eigenvalue weighted by atomic mass is 15.0. The summed E-state index contributed by atoms with van der Waals surface area (Å²) in [6, 6.07) is 0. The third kappa shape index (κ3) is 0.918. The second kappa shape index (κ2) is 2.73. The predicted octanol–water partition coefficient (Wildman–Crippen LogP) is 2.81. The summed E-state index contributed by atoms with van der Waals surface area (Å²) in [4.78, 5) is 0. The molecular formula is C12H23N. The predicted molar refractivity (Wildman–Crippen MR) is 56.7 cm³/mol. The van der Waals surface area contributed by atoms with E-state index in [1.165, 1.54) is 25.7 Å². The Hall–Kier alpha value is -0.0400. The van der Waals surface area contributed by atoms with Crippen LogP contribution in [0.5, 0.6) is 0 Å². The van der Waals surface area contributed by atoms with Gasteiger partial charge in [0.15, 0.2) is 0 Å². The van der Waals surface area contributed by atoms with Crippen LogP contribution in [0.3, 0.4) is 0 Å². The standard InChI is InChI=1S/C12H23N/c1-5-11(2)9-6-7-10(8-9)12(11,3)13-4/h9-10,13H,5-8H2,1-4H3. The van der Waals surface area contributed by atoms with Crippen molar-refractivity contribution in [2.24, 2.45) is 17.3 Å². The molecule has 1 heteroatoms. The molecule has 4 atom stereocenters. The van der Waals surface area contributed by atoms with Gasteiger partial charge in [-0.15, -0.1) is 0 Å². The van der Waals surface area contributed by atoms with Crippen molar-refractivity contribution < 1.29 is 0 Å². The lowest BCUT2D eigenvalue weighted by molar-refractivity contribution is 0.0505. The molecule has 2 aliphatic rings. The summed E-state index contributed by atoms with van der Waals surface area (Å²) in [5.74, 6) is 1.92. The minimum atomic E-state index is 0.407. The molecule has 0 spiro atoms. The summed E-state index contributed by atoms with van der Waals surface area (Å²) >= 11 is 0. The van der Waals surface area contributed by atoms with Crippen molar-refractivity contribution in [1.82, 2.24) is 5.32 Å². The van der Waals surface area contributed by atoms with Crippen LogP contribution in [0.1, 0.15) is 46.5 Å². The molecule has 0 saturated heterocycles. The molecule has 0 aromatic heterocycles. The smallest absolute Gasteiger partial charge is 0.0234 e. The highest BCUT2D eigenvalue weighted by molar-refractivity contribution is 5.14. The fourth-order valence-electron chi connectivity index (χ4n) is 4.12. The van der Waals surface area contributed by atoms with Gasteiger partial charge in [0.25, 0.3) is 0 Å². The van der Waals surface area contributed by atoms with E-state index < -0.39 is 0 Å². The number of hydrogen-bond acceptors (Lipinski definition) is 1. The molecule has 2 bridgehead atoms. The highest BCUT2D eigenvalue weighted by Crippen LogP contribution is 2.62. The molecule has 0 heterocycles. The van der Waals surface area contributed by atoms with Gasteiger partial charge in [0.05, 0.1) is 0 Å². The van der Waals surface area contributed by atoms with Crippen molar-refractivity contribution in [1.29, 1.82) is 0 Å². The van der Waals surface area contributed by atoms with Gasteiger partial charge < -0.3 is 5.32 Å². The molecular weight excluding hydrogens is 158 g/mol. The largest absolute Gasteiger partial charge is 0.314 e. The maximum Gasteiger partial charge on any atom is 0.0234 e. The van der Waals surface area contributed by atoms with E-state index in [0.29, 0.717) is 11.0 Å². The van der Waals surface area contributed by atoms with Crippen LogP contribution >= 0.6 is 0 Å². The summed E-state index contributed by atoms with van der Waals surface area (Å²) in [6.45, 7) is 7.30. The Kier molecular flexibility index (Phi) is 1.99. The Labute approximate surface area is 82.3 Å². The minimum absolute atomic E-state index is 0.407. The van der Waals surface area contributed by atoms with E-state index in [9.17, 15) is 0 Å². The number of nitrogens with one attached hydrogen (secondary N) is 1. The zero-order valence-electron chi connectivity index (χ0n) is 9.48. The fourth-order valence-corrected chi connectivity index (χ4v) is 4.12. The normalized spacial score (nSPS) is 54.5. The van der Waals surface area contributed by atoms with Crippen LogP contribution < -0.4 is 5.32 Å². The molecule has 76 valence electrons. The Morgan fingerprint density at radius 1 is 1.23 bits per heavy atom. The Balaban J connectivity index is 2.35. The first-order valence-corrected chi connectivity index (χ1v) is 5.77. The van der Waals surface area contributed by atoms with Gasteiger partial charge in [0, 0.05) is 5.54 Å². The van der Waals surface area contributed by atoms with E-state index in [1.54, 1.807) is 0 Å². The molecule has 0 aromatic rings. The van der Waals surface area contributed by atoms with Crippen LogP contribution in [0.2, 0.25) is 0 Å². The van der Waals surface area contributed by atoms with Gasteiger partial charge in [-0.1, -0.05) is 13.8 Å². The lowest BCUT2D eigenvalue weighted by Crippen LogP contribution is -2.57.